The molecule has 1 atom stereocenters. The molecule has 0 aliphatic rings. The molecule has 0 heterocycles. The van der Waals surface area contributed by atoms with Crippen molar-refractivity contribution < 1.29 is 48.5 Å². The van der Waals surface area contributed by atoms with E-state index in [1.54, 1.807) is 0 Å². The summed E-state index contributed by atoms with van der Waals surface area (Å²) >= 11 is 0. The average Bonchev–Trinajstić information content (AvgIpc) is 2.12. The summed E-state index contributed by atoms with van der Waals surface area (Å²) in [5, 5.41) is 14.6. The van der Waals surface area contributed by atoms with Crippen LogP contribution >= 0.6 is 15.2 Å². The number of hydrogen-bond donors (Lipinski definition) is 6. The Morgan fingerprint density at radius 2 is 1.42 bits per heavy atom. The monoisotopic (exact) mass is 320 g/mol. The highest BCUT2D eigenvalue weighted by atomic mass is 31.2. The Bertz CT molecular complexity index is 447. The second-order valence-corrected chi connectivity index (χ2v) is 7.63. The van der Waals surface area contributed by atoms with Crippen molar-refractivity contribution in [3.63, 3.8) is 0 Å². The van der Waals surface area contributed by atoms with E-state index in [2.05, 4.69) is 0 Å². The van der Waals surface area contributed by atoms with Crippen LogP contribution in [0, 0.1) is 0 Å². The van der Waals surface area contributed by atoms with Gasteiger partial charge >= 0.3 is 27.1 Å². The molecule has 19 heavy (non-hydrogen) atoms. The molecule has 112 valence electrons. The van der Waals surface area contributed by atoms with Crippen LogP contribution < -0.4 is 0 Å². The fourth-order valence-corrected chi connectivity index (χ4v) is 3.30. The largest absolute Gasteiger partial charge is 0.481 e. The summed E-state index contributed by atoms with van der Waals surface area (Å²) in [6.45, 7) is 0. The maximum absolute atomic E-state index is 11.3. The predicted octanol–water partition coefficient (Wildman–Crippen LogP) is -0.580. The summed E-state index contributed by atoms with van der Waals surface area (Å²) in [5.41, 5.74) is 0. The molecule has 0 saturated carbocycles. The molecule has 0 spiro atoms. The lowest BCUT2D eigenvalue weighted by atomic mass is 9.99. The van der Waals surface area contributed by atoms with Gasteiger partial charge in [-0.25, -0.2) is 0 Å². The minimum Gasteiger partial charge on any atom is -0.481 e. The topological polar surface area (TPSA) is 190 Å². The van der Waals surface area contributed by atoms with E-state index < -0.39 is 57.7 Å². The van der Waals surface area contributed by atoms with Crippen molar-refractivity contribution in [2.75, 3.05) is 6.16 Å². The SMILES string of the molecule is O=C(O)CCC(CCP(=O)(O)O)(C(=O)O)P(=O)(O)O. The Morgan fingerprint density at radius 1 is 0.947 bits per heavy atom. The molecule has 10 nitrogen and oxygen atoms in total. The molecule has 0 aromatic rings. The van der Waals surface area contributed by atoms with Gasteiger partial charge in [0, 0.05) is 6.42 Å². The third kappa shape index (κ3) is 5.40. The van der Waals surface area contributed by atoms with E-state index in [0.29, 0.717) is 0 Å². The first-order valence-electron chi connectivity index (χ1n) is 4.87. The average molecular weight is 320 g/mol. The molecule has 0 rings (SSSR count). The summed E-state index contributed by atoms with van der Waals surface area (Å²) in [6.07, 6.45) is -3.87. The molecule has 0 aliphatic carbocycles. The van der Waals surface area contributed by atoms with Crippen LogP contribution in [0.15, 0.2) is 0 Å². The Morgan fingerprint density at radius 3 is 1.68 bits per heavy atom. The van der Waals surface area contributed by atoms with E-state index in [9.17, 15) is 18.7 Å². The van der Waals surface area contributed by atoms with Gasteiger partial charge in [0.15, 0.2) is 5.16 Å². The zero-order valence-electron chi connectivity index (χ0n) is 9.54. The van der Waals surface area contributed by atoms with Crippen LogP contribution in [0.1, 0.15) is 19.3 Å². The number of carbonyl (C=O) groups is 2. The van der Waals surface area contributed by atoms with Crippen molar-refractivity contribution in [3.05, 3.63) is 0 Å². The Kier molecular flexibility index (Phi) is 5.88. The molecule has 0 aromatic heterocycles. The van der Waals surface area contributed by atoms with Gasteiger partial charge in [-0.15, -0.1) is 0 Å². The van der Waals surface area contributed by atoms with Crippen LogP contribution in [0.4, 0.5) is 0 Å². The second-order valence-electron chi connectivity index (χ2n) is 3.91. The first-order chi connectivity index (χ1) is 8.32. The van der Waals surface area contributed by atoms with Gasteiger partial charge in [-0.2, -0.15) is 0 Å². The Hall–Kier alpha value is -0.760. The summed E-state index contributed by atoms with van der Waals surface area (Å²) in [6, 6.07) is 0. The van der Waals surface area contributed by atoms with Crippen LogP contribution in [-0.2, 0) is 18.7 Å². The molecule has 1 unspecified atom stereocenters. The highest BCUT2D eigenvalue weighted by molar-refractivity contribution is 7.55. The minimum atomic E-state index is -5.31. The third-order valence-corrected chi connectivity index (χ3v) is 5.08. The molecule has 0 bridgehead atoms. The van der Waals surface area contributed by atoms with Crippen molar-refractivity contribution in [1.29, 1.82) is 0 Å². The summed E-state index contributed by atoms with van der Waals surface area (Å²) in [7, 11) is -9.98. The maximum Gasteiger partial charge on any atom is 0.342 e. The first-order valence-corrected chi connectivity index (χ1v) is 8.28. The molecule has 0 saturated heterocycles. The number of carboxylic acid groups (broad SMARTS) is 2. The van der Waals surface area contributed by atoms with E-state index in [-0.39, 0.29) is 0 Å². The van der Waals surface area contributed by atoms with Gasteiger partial charge < -0.3 is 29.8 Å². The van der Waals surface area contributed by atoms with Crippen LogP contribution in [0.25, 0.3) is 0 Å². The van der Waals surface area contributed by atoms with Crippen molar-refractivity contribution >= 4 is 27.1 Å². The quantitative estimate of drug-likeness (QED) is 0.315. The number of carboxylic acids is 2. The smallest absolute Gasteiger partial charge is 0.342 e. The van der Waals surface area contributed by atoms with Crippen molar-refractivity contribution in [2.24, 2.45) is 0 Å². The maximum atomic E-state index is 11.3. The lowest BCUT2D eigenvalue weighted by Gasteiger charge is -2.29. The van der Waals surface area contributed by atoms with E-state index >= 15 is 0 Å². The zero-order valence-corrected chi connectivity index (χ0v) is 11.3. The normalized spacial score (nSPS) is 15.8. The molecule has 0 aliphatic heterocycles. The Labute approximate surface area is 107 Å². The fraction of sp³-hybridized carbons (Fsp3) is 0.714. The molecule has 0 radical (unpaired) electrons. The van der Waals surface area contributed by atoms with Gasteiger partial charge in [0.05, 0.1) is 6.16 Å². The van der Waals surface area contributed by atoms with Crippen LogP contribution in [0.2, 0.25) is 0 Å². The van der Waals surface area contributed by atoms with Crippen LogP contribution in [0.5, 0.6) is 0 Å². The number of hydrogen-bond acceptors (Lipinski definition) is 4. The van der Waals surface area contributed by atoms with Gasteiger partial charge in [0.2, 0.25) is 0 Å². The van der Waals surface area contributed by atoms with Crippen molar-refractivity contribution in [3.8, 4) is 0 Å². The predicted molar refractivity (Wildman–Crippen MR) is 60.8 cm³/mol. The lowest BCUT2D eigenvalue weighted by Crippen LogP contribution is -2.40. The van der Waals surface area contributed by atoms with Crippen LogP contribution in [-0.4, -0.2) is 53.0 Å². The van der Waals surface area contributed by atoms with E-state index in [1.807, 2.05) is 0 Å². The fourth-order valence-electron chi connectivity index (χ4n) is 1.40. The van der Waals surface area contributed by atoms with Crippen LogP contribution in [0.3, 0.4) is 0 Å². The highest BCUT2D eigenvalue weighted by Crippen LogP contribution is 2.57. The zero-order chi connectivity index (χ0) is 15.5. The number of aliphatic carboxylic acids is 2. The molecule has 0 amide bonds. The van der Waals surface area contributed by atoms with Gasteiger partial charge in [-0.3, -0.25) is 18.7 Å². The molecule has 12 heteroatoms. The second kappa shape index (κ2) is 6.13. The highest BCUT2D eigenvalue weighted by Gasteiger charge is 2.54. The molecular weight excluding hydrogens is 306 g/mol. The molecule has 6 N–H and O–H groups in total. The lowest BCUT2D eigenvalue weighted by molar-refractivity contribution is -0.142. The van der Waals surface area contributed by atoms with Gasteiger partial charge in [0.25, 0.3) is 0 Å². The van der Waals surface area contributed by atoms with Gasteiger partial charge in [0.1, 0.15) is 0 Å². The minimum absolute atomic E-state index is 0.849. The first kappa shape index (κ1) is 18.2. The van der Waals surface area contributed by atoms with E-state index in [4.69, 9.17) is 29.8 Å². The third-order valence-electron chi connectivity index (χ3n) is 2.52. The molecule has 0 aromatic carbocycles. The number of rotatable bonds is 8. The standard InChI is InChI=1S/C7H14O10P2/c8-5(9)1-2-7(6(10)11,19(15,16)17)3-4-18(12,13)14/h1-4H2,(H,8,9)(H,10,11)(H2,12,13,14)(H2,15,16,17). The summed E-state index contributed by atoms with van der Waals surface area (Å²) in [5.74, 6) is -3.47. The van der Waals surface area contributed by atoms with Crippen molar-refractivity contribution in [1.82, 2.24) is 0 Å². The van der Waals surface area contributed by atoms with E-state index in [0.717, 1.165) is 0 Å². The van der Waals surface area contributed by atoms with Gasteiger partial charge in [-0.05, 0) is 12.8 Å². The Balaban J connectivity index is 5.40. The summed E-state index contributed by atoms with van der Waals surface area (Å²) in [4.78, 5) is 57.0. The molecule has 0 fully saturated rings. The van der Waals surface area contributed by atoms with Gasteiger partial charge in [-0.1, -0.05) is 0 Å². The van der Waals surface area contributed by atoms with Crippen molar-refractivity contribution in [2.45, 2.75) is 24.4 Å². The molecular formula is C7H14O10P2. The van der Waals surface area contributed by atoms with E-state index in [1.165, 1.54) is 0 Å². The summed E-state index contributed by atoms with van der Waals surface area (Å²) < 4.78 is 22.0.